The summed E-state index contributed by atoms with van der Waals surface area (Å²) in [6.07, 6.45) is 1.47. The fraction of sp³-hybridized carbons (Fsp3) is 0.174. The molecule has 0 fully saturated rings. The maximum Gasteiger partial charge on any atom is 0.251 e. The van der Waals surface area contributed by atoms with Gasteiger partial charge in [-0.2, -0.15) is 0 Å². The Morgan fingerprint density at radius 3 is 2.21 bits per heavy atom. The fourth-order valence-corrected chi connectivity index (χ4v) is 2.95. The van der Waals surface area contributed by atoms with Gasteiger partial charge in [-0.1, -0.05) is 35.9 Å². The number of nitrogens with zero attached hydrogens (tertiary/aromatic N) is 1. The Labute approximate surface area is 167 Å². The predicted molar refractivity (Wildman–Crippen MR) is 108 cm³/mol. The topological polar surface area (TPSA) is 68.2 Å². The molecule has 1 atom stereocenters. The number of hydrogen-bond donors (Lipinski definition) is 1. The lowest BCUT2D eigenvalue weighted by molar-refractivity contribution is -0.123. The van der Waals surface area contributed by atoms with Gasteiger partial charge in [0.15, 0.2) is 11.8 Å². The van der Waals surface area contributed by atoms with Gasteiger partial charge in [-0.15, -0.1) is 0 Å². The van der Waals surface area contributed by atoms with Gasteiger partial charge in [-0.25, -0.2) is 4.39 Å². The highest BCUT2D eigenvalue weighted by Crippen LogP contribution is 2.16. The molecule has 0 aliphatic carbocycles. The van der Waals surface area contributed by atoms with E-state index in [0.29, 0.717) is 0 Å². The molecule has 1 heterocycles. The Hall–Kier alpha value is -3.54. The molecule has 6 heteroatoms. The van der Waals surface area contributed by atoms with Crippen LogP contribution in [0.15, 0.2) is 71.7 Å². The second-order valence-electron chi connectivity index (χ2n) is 6.93. The van der Waals surface area contributed by atoms with Crippen molar-refractivity contribution in [3.05, 3.63) is 105 Å². The standard InChI is InChI=1S/C23H21FN2O3/c1-15-3-6-17(7-4-15)13-25-23(29)21(26-14-16(2)5-12-20(26)27)22(28)18-8-10-19(24)11-9-18/h3-12,14,21H,13H2,1-2H3,(H,25,29)/t21-/m1/s1. The van der Waals surface area contributed by atoms with E-state index in [-0.39, 0.29) is 12.1 Å². The van der Waals surface area contributed by atoms with Crippen LogP contribution in [0.2, 0.25) is 0 Å². The molecular formula is C23H21FN2O3. The van der Waals surface area contributed by atoms with E-state index in [4.69, 9.17) is 0 Å². The number of halogens is 1. The lowest BCUT2D eigenvalue weighted by Crippen LogP contribution is -2.41. The number of ketones is 1. The molecule has 0 saturated heterocycles. The van der Waals surface area contributed by atoms with Crippen LogP contribution in [-0.2, 0) is 11.3 Å². The van der Waals surface area contributed by atoms with Crippen molar-refractivity contribution >= 4 is 11.7 Å². The molecule has 5 nitrogen and oxygen atoms in total. The van der Waals surface area contributed by atoms with Gasteiger partial charge in [-0.3, -0.25) is 19.0 Å². The highest BCUT2D eigenvalue weighted by Gasteiger charge is 2.30. The van der Waals surface area contributed by atoms with Crippen LogP contribution in [0.25, 0.3) is 0 Å². The summed E-state index contributed by atoms with van der Waals surface area (Å²) in [5.41, 5.74) is 2.37. The number of rotatable bonds is 6. The maximum atomic E-state index is 13.2. The summed E-state index contributed by atoms with van der Waals surface area (Å²) in [4.78, 5) is 38.4. The largest absolute Gasteiger partial charge is 0.350 e. The summed E-state index contributed by atoms with van der Waals surface area (Å²) in [5.74, 6) is -1.68. The average molecular weight is 392 g/mol. The van der Waals surface area contributed by atoms with Crippen molar-refractivity contribution in [2.75, 3.05) is 0 Å². The summed E-state index contributed by atoms with van der Waals surface area (Å²) in [6.45, 7) is 3.94. The molecule has 2 aromatic carbocycles. The molecule has 0 aliphatic heterocycles. The number of carbonyl (C=O) groups excluding carboxylic acids is 2. The summed E-state index contributed by atoms with van der Waals surface area (Å²) in [5, 5.41) is 2.73. The van der Waals surface area contributed by atoms with Gasteiger partial charge in [-0.05, 0) is 49.2 Å². The number of Topliss-reactive ketones (excluding diaryl/α,β-unsaturated/α-hetero) is 1. The van der Waals surface area contributed by atoms with Crippen LogP contribution in [0, 0.1) is 19.7 Å². The molecule has 0 aliphatic rings. The van der Waals surface area contributed by atoms with E-state index >= 15 is 0 Å². The molecule has 0 unspecified atom stereocenters. The molecule has 1 aromatic heterocycles. The Balaban J connectivity index is 1.93. The Kier molecular flexibility index (Phi) is 6.02. The number of benzene rings is 2. The molecule has 1 N–H and O–H groups in total. The fourth-order valence-electron chi connectivity index (χ4n) is 2.95. The predicted octanol–water partition coefficient (Wildman–Crippen LogP) is 3.34. The third kappa shape index (κ3) is 4.85. The molecule has 0 spiro atoms. The third-order valence-corrected chi connectivity index (χ3v) is 4.58. The Bertz CT molecular complexity index is 1090. The molecule has 3 aromatic rings. The van der Waals surface area contributed by atoms with Crippen LogP contribution in [0.4, 0.5) is 4.39 Å². The first kappa shape index (κ1) is 20.2. The van der Waals surface area contributed by atoms with E-state index < -0.39 is 29.1 Å². The molecule has 0 saturated carbocycles. The minimum Gasteiger partial charge on any atom is -0.350 e. The van der Waals surface area contributed by atoms with Crippen molar-refractivity contribution < 1.29 is 14.0 Å². The minimum absolute atomic E-state index is 0.148. The van der Waals surface area contributed by atoms with Gasteiger partial charge in [0.1, 0.15) is 5.82 Å². The van der Waals surface area contributed by atoms with Crippen molar-refractivity contribution in [2.45, 2.75) is 26.4 Å². The van der Waals surface area contributed by atoms with E-state index in [9.17, 15) is 18.8 Å². The summed E-state index contributed by atoms with van der Waals surface area (Å²) in [6, 6.07) is 14.0. The molecule has 148 valence electrons. The van der Waals surface area contributed by atoms with Gasteiger partial charge in [0, 0.05) is 24.4 Å². The first-order valence-electron chi connectivity index (χ1n) is 9.17. The number of nitrogens with one attached hydrogen (secondary N) is 1. The van der Waals surface area contributed by atoms with Crippen LogP contribution in [0.3, 0.4) is 0 Å². The zero-order chi connectivity index (χ0) is 21.0. The van der Waals surface area contributed by atoms with E-state index in [1.807, 2.05) is 31.2 Å². The van der Waals surface area contributed by atoms with Crippen LogP contribution in [0.1, 0.15) is 33.1 Å². The van der Waals surface area contributed by atoms with Crippen LogP contribution >= 0.6 is 0 Å². The van der Waals surface area contributed by atoms with Crippen molar-refractivity contribution in [3.8, 4) is 0 Å². The number of hydrogen-bond acceptors (Lipinski definition) is 3. The van der Waals surface area contributed by atoms with Gasteiger partial charge in [0.2, 0.25) is 0 Å². The average Bonchev–Trinajstić information content (AvgIpc) is 2.71. The van der Waals surface area contributed by atoms with Gasteiger partial charge >= 0.3 is 0 Å². The zero-order valence-corrected chi connectivity index (χ0v) is 16.2. The first-order valence-corrected chi connectivity index (χ1v) is 9.17. The summed E-state index contributed by atoms with van der Waals surface area (Å²) >= 11 is 0. The number of aryl methyl sites for hydroxylation is 2. The summed E-state index contributed by atoms with van der Waals surface area (Å²) in [7, 11) is 0. The van der Waals surface area contributed by atoms with Crippen molar-refractivity contribution in [1.82, 2.24) is 9.88 Å². The quantitative estimate of drug-likeness (QED) is 0.517. The number of pyridine rings is 1. The second-order valence-corrected chi connectivity index (χ2v) is 6.93. The SMILES string of the molecule is Cc1ccc(CNC(=O)[C@@H](C(=O)c2ccc(F)cc2)n2cc(C)ccc2=O)cc1. The highest BCUT2D eigenvalue weighted by atomic mass is 19.1. The van der Waals surface area contributed by atoms with Crippen molar-refractivity contribution in [3.63, 3.8) is 0 Å². The van der Waals surface area contributed by atoms with Gasteiger partial charge in [0.25, 0.3) is 11.5 Å². The third-order valence-electron chi connectivity index (χ3n) is 4.58. The normalized spacial score (nSPS) is 11.7. The number of amides is 1. The first-order chi connectivity index (χ1) is 13.8. The lowest BCUT2D eigenvalue weighted by atomic mass is 10.0. The van der Waals surface area contributed by atoms with Crippen LogP contribution in [-0.4, -0.2) is 16.3 Å². The van der Waals surface area contributed by atoms with Crippen molar-refractivity contribution in [1.29, 1.82) is 0 Å². The molecule has 0 radical (unpaired) electrons. The number of carbonyl (C=O) groups is 2. The zero-order valence-electron chi connectivity index (χ0n) is 16.2. The number of aromatic nitrogens is 1. The van der Waals surface area contributed by atoms with Crippen LogP contribution in [0.5, 0.6) is 0 Å². The van der Waals surface area contributed by atoms with Crippen molar-refractivity contribution in [2.24, 2.45) is 0 Å². The smallest absolute Gasteiger partial charge is 0.251 e. The highest BCUT2D eigenvalue weighted by molar-refractivity contribution is 6.11. The van der Waals surface area contributed by atoms with Gasteiger partial charge < -0.3 is 5.32 Å². The second kappa shape index (κ2) is 8.65. The van der Waals surface area contributed by atoms with E-state index in [1.54, 1.807) is 13.0 Å². The monoisotopic (exact) mass is 392 g/mol. The lowest BCUT2D eigenvalue weighted by Gasteiger charge is -2.19. The van der Waals surface area contributed by atoms with E-state index in [0.717, 1.165) is 33.4 Å². The molecule has 3 rings (SSSR count). The molecule has 0 bridgehead atoms. The van der Waals surface area contributed by atoms with Gasteiger partial charge in [0.05, 0.1) is 0 Å². The van der Waals surface area contributed by atoms with E-state index in [1.165, 1.54) is 24.4 Å². The minimum atomic E-state index is -1.39. The molecular weight excluding hydrogens is 371 g/mol. The molecule has 1 amide bonds. The molecule has 29 heavy (non-hydrogen) atoms. The van der Waals surface area contributed by atoms with Crippen LogP contribution < -0.4 is 10.9 Å². The summed E-state index contributed by atoms with van der Waals surface area (Å²) < 4.78 is 14.4. The Morgan fingerprint density at radius 2 is 1.55 bits per heavy atom. The Morgan fingerprint density at radius 1 is 0.931 bits per heavy atom. The van der Waals surface area contributed by atoms with E-state index in [2.05, 4.69) is 5.32 Å². The maximum absolute atomic E-state index is 13.2.